The first-order valence-electron chi connectivity index (χ1n) is 9.88. The highest BCUT2D eigenvalue weighted by molar-refractivity contribution is 8.00. The third-order valence-corrected chi connectivity index (χ3v) is 7.63. The minimum absolute atomic E-state index is 0.103. The third-order valence-electron chi connectivity index (χ3n) is 4.73. The minimum Gasteiger partial charge on any atom is -0.480 e. The monoisotopic (exact) mass is 490 g/mol. The van der Waals surface area contributed by atoms with Gasteiger partial charge in [-0.25, -0.2) is 12.8 Å². The van der Waals surface area contributed by atoms with Gasteiger partial charge in [-0.05, 0) is 74.0 Å². The molecule has 0 aliphatic heterocycles. The lowest BCUT2D eigenvalue weighted by atomic mass is 10.1. The molecule has 174 valence electrons. The number of aromatic nitrogens is 1. The number of hydrogen-bond acceptors (Lipinski definition) is 6. The van der Waals surface area contributed by atoms with Crippen molar-refractivity contribution < 1.29 is 27.4 Å². The van der Waals surface area contributed by atoms with E-state index in [2.05, 4.69) is 9.71 Å². The van der Waals surface area contributed by atoms with Crippen LogP contribution in [0.1, 0.15) is 19.4 Å². The van der Waals surface area contributed by atoms with Gasteiger partial charge in [0, 0.05) is 22.9 Å². The summed E-state index contributed by atoms with van der Waals surface area (Å²) >= 11 is 1.31. The average Bonchev–Trinajstić information content (AvgIpc) is 2.79. The Morgan fingerprint density at radius 3 is 2.27 bits per heavy atom. The molecule has 3 aromatic rings. The molecule has 1 atom stereocenters. The molecule has 0 radical (unpaired) electrons. The summed E-state index contributed by atoms with van der Waals surface area (Å²) in [4.78, 5) is 15.9. The summed E-state index contributed by atoms with van der Waals surface area (Å²) in [5.41, 5.74) is 0.902. The van der Waals surface area contributed by atoms with Gasteiger partial charge in [-0.2, -0.15) is 4.72 Å². The van der Waals surface area contributed by atoms with Gasteiger partial charge in [-0.1, -0.05) is 6.07 Å². The number of rotatable bonds is 10. The van der Waals surface area contributed by atoms with E-state index in [1.807, 2.05) is 6.07 Å². The molecule has 0 saturated carbocycles. The second-order valence-corrected chi connectivity index (χ2v) is 11.0. The Kier molecular flexibility index (Phi) is 7.72. The molecule has 0 saturated heterocycles. The molecule has 2 aromatic carbocycles. The van der Waals surface area contributed by atoms with Crippen LogP contribution in [0.5, 0.6) is 11.5 Å². The maximum absolute atomic E-state index is 13.0. The molecule has 2 N–H and O–H groups in total. The van der Waals surface area contributed by atoms with Crippen molar-refractivity contribution in [1.29, 1.82) is 0 Å². The van der Waals surface area contributed by atoms with Gasteiger partial charge in [-0.3, -0.25) is 9.78 Å². The molecule has 3 rings (SSSR count). The molecule has 0 fully saturated rings. The van der Waals surface area contributed by atoms with Crippen molar-refractivity contribution in [3.8, 4) is 11.5 Å². The van der Waals surface area contributed by atoms with Crippen molar-refractivity contribution in [3.63, 3.8) is 0 Å². The summed E-state index contributed by atoms with van der Waals surface area (Å²) in [5.74, 6) is -0.462. The summed E-state index contributed by atoms with van der Waals surface area (Å²) in [5, 5.41) is 9.74. The van der Waals surface area contributed by atoms with E-state index in [1.54, 1.807) is 32.3 Å². The van der Waals surface area contributed by atoms with Gasteiger partial charge < -0.3 is 9.84 Å². The van der Waals surface area contributed by atoms with Crippen LogP contribution in [0, 0.1) is 5.82 Å². The SMILES string of the molecule is CC(C)(SCc1cccnc1)[C@@H](NS(=O)(=O)c1ccc(Oc2ccc(F)cc2)cc1)C(=O)O. The standard InChI is InChI=1S/C23H23FN2O5S2/c1-23(2,32-15-16-4-3-13-25-14-16)21(22(27)28)26-33(29,30)20-11-9-19(10-12-20)31-18-7-5-17(24)6-8-18/h3-14,21,26H,15H2,1-2H3,(H,27,28)/t21-/m0/s1. The molecule has 33 heavy (non-hydrogen) atoms. The number of sulfonamides is 1. The molecule has 0 aliphatic carbocycles. The predicted molar refractivity (Wildman–Crippen MR) is 124 cm³/mol. The van der Waals surface area contributed by atoms with Gasteiger partial charge >= 0.3 is 5.97 Å². The summed E-state index contributed by atoms with van der Waals surface area (Å²) < 4.78 is 45.7. The van der Waals surface area contributed by atoms with E-state index in [0.717, 1.165) is 5.56 Å². The number of carbonyl (C=O) groups is 1. The van der Waals surface area contributed by atoms with Gasteiger partial charge in [0.15, 0.2) is 0 Å². The Balaban J connectivity index is 1.71. The fourth-order valence-electron chi connectivity index (χ4n) is 2.87. The zero-order chi connectivity index (χ0) is 24.1. The van der Waals surface area contributed by atoms with Crippen LogP contribution in [0.4, 0.5) is 4.39 Å². The lowest BCUT2D eigenvalue weighted by Crippen LogP contribution is -2.52. The first-order valence-corrected chi connectivity index (χ1v) is 12.4. The molecule has 0 amide bonds. The Morgan fingerprint density at radius 1 is 1.12 bits per heavy atom. The Bertz CT molecular complexity index is 1190. The molecule has 0 bridgehead atoms. The number of nitrogens with one attached hydrogen (secondary N) is 1. The normalized spacial score (nSPS) is 12.8. The second-order valence-electron chi connectivity index (χ2n) is 7.67. The lowest BCUT2D eigenvalue weighted by molar-refractivity contribution is -0.139. The van der Waals surface area contributed by atoms with Gasteiger partial charge in [0.1, 0.15) is 23.4 Å². The molecule has 10 heteroatoms. The first-order chi connectivity index (χ1) is 15.6. The van der Waals surface area contributed by atoms with Crippen molar-refractivity contribution in [2.45, 2.75) is 35.3 Å². The number of ether oxygens (including phenoxy) is 1. The third kappa shape index (κ3) is 6.77. The summed E-state index contributed by atoms with van der Waals surface area (Å²) in [6.45, 7) is 3.35. The minimum atomic E-state index is -4.13. The molecule has 0 spiro atoms. The van der Waals surface area contributed by atoms with E-state index < -0.39 is 32.6 Å². The van der Waals surface area contributed by atoms with Crippen LogP contribution in [-0.4, -0.2) is 35.3 Å². The number of aliphatic carboxylic acids is 1. The first kappa shape index (κ1) is 24.7. The second kappa shape index (κ2) is 10.3. The van der Waals surface area contributed by atoms with Crippen LogP contribution >= 0.6 is 11.8 Å². The van der Waals surface area contributed by atoms with E-state index >= 15 is 0 Å². The molecular formula is C23H23FN2O5S2. The predicted octanol–water partition coefficient (Wildman–Crippen LogP) is 4.46. The summed E-state index contributed by atoms with van der Waals surface area (Å²) in [6.07, 6.45) is 3.32. The van der Waals surface area contributed by atoms with Crippen molar-refractivity contribution in [1.82, 2.24) is 9.71 Å². The van der Waals surface area contributed by atoms with Crippen molar-refractivity contribution in [3.05, 3.63) is 84.4 Å². The Hall–Kier alpha value is -2.95. The number of carboxylic acids is 1. The highest BCUT2D eigenvalue weighted by Crippen LogP contribution is 2.32. The highest BCUT2D eigenvalue weighted by atomic mass is 32.2. The van der Waals surface area contributed by atoms with Crippen LogP contribution in [-0.2, 0) is 20.6 Å². The van der Waals surface area contributed by atoms with E-state index in [9.17, 15) is 22.7 Å². The summed E-state index contributed by atoms with van der Waals surface area (Å²) in [7, 11) is -4.13. The molecule has 0 unspecified atom stereocenters. The smallest absolute Gasteiger partial charge is 0.323 e. The van der Waals surface area contributed by atoms with Gasteiger partial charge in [0.25, 0.3) is 0 Å². The number of halogens is 1. The van der Waals surface area contributed by atoms with Crippen LogP contribution < -0.4 is 9.46 Å². The molecule has 7 nitrogen and oxygen atoms in total. The number of carboxylic acid groups (broad SMARTS) is 1. The number of thioether (sulfide) groups is 1. The zero-order valence-electron chi connectivity index (χ0n) is 17.9. The quantitative estimate of drug-likeness (QED) is 0.432. The van der Waals surface area contributed by atoms with Crippen LogP contribution in [0.3, 0.4) is 0 Å². The van der Waals surface area contributed by atoms with Crippen LogP contribution in [0.2, 0.25) is 0 Å². The average molecular weight is 491 g/mol. The molecule has 1 aromatic heterocycles. The Labute approximate surface area is 196 Å². The lowest BCUT2D eigenvalue weighted by Gasteiger charge is -2.31. The number of benzene rings is 2. The maximum atomic E-state index is 13.0. The fraction of sp³-hybridized carbons (Fsp3) is 0.217. The molecule has 1 heterocycles. The Morgan fingerprint density at radius 2 is 1.73 bits per heavy atom. The van der Waals surface area contributed by atoms with Crippen molar-refractivity contribution in [2.75, 3.05) is 0 Å². The molecule has 0 aliphatic rings. The van der Waals surface area contributed by atoms with E-state index in [4.69, 9.17) is 4.74 Å². The fourth-order valence-corrected chi connectivity index (χ4v) is 5.32. The van der Waals surface area contributed by atoms with E-state index in [-0.39, 0.29) is 4.90 Å². The van der Waals surface area contributed by atoms with Gasteiger partial charge in [0.2, 0.25) is 10.0 Å². The zero-order valence-corrected chi connectivity index (χ0v) is 19.6. The number of pyridine rings is 1. The van der Waals surface area contributed by atoms with Gasteiger partial charge in [-0.15, -0.1) is 11.8 Å². The van der Waals surface area contributed by atoms with Crippen LogP contribution in [0.15, 0.2) is 78.0 Å². The van der Waals surface area contributed by atoms with Crippen molar-refractivity contribution >= 4 is 27.8 Å². The molecular weight excluding hydrogens is 467 g/mol. The number of hydrogen-bond donors (Lipinski definition) is 2. The highest BCUT2D eigenvalue weighted by Gasteiger charge is 2.39. The summed E-state index contributed by atoms with van der Waals surface area (Å²) in [6, 6.07) is 13.2. The van der Waals surface area contributed by atoms with E-state index in [0.29, 0.717) is 17.3 Å². The topological polar surface area (TPSA) is 106 Å². The van der Waals surface area contributed by atoms with Crippen molar-refractivity contribution in [2.24, 2.45) is 0 Å². The van der Waals surface area contributed by atoms with Crippen LogP contribution in [0.25, 0.3) is 0 Å². The largest absolute Gasteiger partial charge is 0.480 e. The van der Waals surface area contributed by atoms with E-state index in [1.165, 1.54) is 60.3 Å². The maximum Gasteiger partial charge on any atom is 0.323 e. The van der Waals surface area contributed by atoms with Gasteiger partial charge in [0.05, 0.1) is 4.90 Å². The number of nitrogens with zero attached hydrogens (tertiary/aromatic N) is 1.